The number of fused-ring (bicyclic) bond motifs is 1. The number of carbonyl (C=O) groups is 1. The Labute approximate surface area is 194 Å². The van der Waals surface area contributed by atoms with Crippen LogP contribution in [0.15, 0.2) is 30.5 Å². The zero-order valence-electron chi connectivity index (χ0n) is 18.5. The van der Waals surface area contributed by atoms with Crippen molar-refractivity contribution in [3.05, 3.63) is 41.0 Å². The van der Waals surface area contributed by atoms with Crippen LogP contribution in [0.4, 0.5) is 18.3 Å². The van der Waals surface area contributed by atoms with E-state index in [2.05, 4.69) is 27.4 Å². The summed E-state index contributed by atoms with van der Waals surface area (Å²) in [6.07, 6.45) is -0.000528. The Morgan fingerprint density at radius 2 is 2.09 bits per heavy atom. The average Bonchev–Trinajstić information content (AvgIpc) is 3.41. The molecule has 178 valence electrons. The normalized spacial score (nSPS) is 18.6. The van der Waals surface area contributed by atoms with E-state index in [1.807, 2.05) is 30.5 Å². The second-order valence-corrected chi connectivity index (χ2v) is 9.35. The van der Waals surface area contributed by atoms with E-state index in [9.17, 15) is 18.0 Å². The third-order valence-corrected chi connectivity index (χ3v) is 7.00. The molecule has 1 saturated heterocycles. The van der Waals surface area contributed by atoms with Gasteiger partial charge in [0, 0.05) is 42.8 Å². The monoisotopic (exact) mass is 480 g/mol. The van der Waals surface area contributed by atoms with Gasteiger partial charge in [-0.2, -0.15) is 13.2 Å². The van der Waals surface area contributed by atoms with Gasteiger partial charge in [0.15, 0.2) is 0 Å². The van der Waals surface area contributed by atoms with Crippen LogP contribution in [0, 0.1) is 0 Å². The number of carbonyl (C=O) groups excluding carboxylic acids is 1. The lowest BCUT2D eigenvalue weighted by Gasteiger charge is -2.39. The Hall–Kier alpha value is -2.66. The summed E-state index contributed by atoms with van der Waals surface area (Å²) < 4.78 is 39.9. The minimum Gasteiger partial charge on any atom is -0.361 e. The van der Waals surface area contributed by atoms with E-state index in [4.69, 9.17) is 0 Å². The highest BCUT2D eigenvalue weighted by molar-refractivity contribution is 7.17. The van der Waals surface area contributed by atoms with Crippen molar-refractivity contribution in [3.63, 3.8) is 0 Å². The minimum atomic E-state index is -4.33. The molecule has 2 aromatic heterocycles. The van der Waals surface area contributed by atoms with Crippen LogP contribution in [0.5, 0.6) is 0 Å². The third-order valence-electron chi connectivity index (χ3n) is 6.02. The molecule has 7 nitrogen and oxygen atoms in total. The highest BCUT2D eigenvalue weighted by Gasteiger charge is 2.45. The first kappa shape index (κ1) is 23.5. The Balaban J connectivity index is 1.43. The maximum absolute atomic E-state index is 13.3. The fourth-order valence-electron chi connectivity index (χ4n) is 4.22. The minimum absolute atomic E-state index is 0.0905. The quantitative estimate of drug-likeness (QED) is 0.537. The molecule has 1 fully saturated rings. The topological polar surface area (TPSA) is 77.1 Å². The van der Waals surface area contributed by atoms with Crippen molar-refractivity contribution >= 4 is 33.3 Å². The molecule has 1 aromatic carbocycles. The van der Waals surface area contributed by atoms with Crippen molar-refractivity contribution in [2.24, 2.45) is 0 Å². The van der Waals surface area contributed by atoms with Gasteiger partial charge in [0.2, 0.25) is 10.1 Å². The number of nitrogens with zero attached hydrogens (tertiary/aromatic N) is 4. The number of alkyl halides is 3. The Morgan fingerprint density at radius 3 is 2.85 bits per heavy atom. The lowest BCUT2D eigenvalue weighted by atomic mass is 10.0. The molecule has 3 heterocycles. The Morgan fingerprint density at radius 1 is 1.30 bits per heavy atom. The molecule has 1 aliphatic rings. The van der Waals surface area contributed by atoms with E-state index in [1.54, 1.807) is 4.90 Å². The first-order chi connectivity index (χ1) is 15.8. The molecular formula is C22H27F3N6OS. The molecular weight excluding hydrogens is 453 g/mol. The van der Waals surface area contributed by atoms with Gasteiger partial charge in [-0.05, 0) is 31.5 Å². The largest absolute Gasteiger partial charge is 0.405 e. The standard InChI is InChI=1S/C22H27F3N6OS/c1-3-6-15(11-14-12-26-17-8-5-4-7-16(14)17)27-19(32)20-28-29-21(33-20)31-10-9-30(2)18(13-31)22(23,24)25/h4-5,7-8,12,15,18,26H,3,6,9-11,13H2,1-2H3,(H,27,32). The molecule has 0 saturated carbocycles. The summed E-state index contributed by atoms with van der Waals surface area (Å²) in [5.41, 5.74) is 2.17. The fourth-order valence-corrected chi connectivity index (χ4v) is 5.01. The maximum Gasteiger partial charge on any atom is 0.405 e. The van der Waals surface area contributed by atoms with Crippen molar-refractivity contribution in [2.45, 2.75) is 44.4 Å². The molecule has 2 N–H and O–H groups in total. The summed E-state index contributed by atoms with van der Waals surface area (Å²) in [7, 11) is 1.47. The van der Waals surface area contributed by atoms with Gasteiger partial charge in [-0.1, -0.05) is 42.9 Å². The lowest BCUT2D eigenvalue weighted by molar-refractivity contribution is -0.180. The first-order valence-electron chi connectivity index (χ1n) is 11.0. The predicted molar refractivity (Wildman–Crippen MR) is 123 cm³/mol. The van der Waals surface area contributed by atoms with E-state index in [-0.39, 0.29) is 30.0 Å². The summed E-state index contributed by atoms with van der Waals surface area (Å²) in [5.74, 6) is -0.349. The number of H-pyrrole nitrogens is 1. The van der Waals surface area contributed by atoms with E-state index in [0.717, 1.165) is 40.6 Å². The summed E-state index contributed by atoms with van der Waals surface area (Å²) in [6.45, 7) is 2.49. The summed E-state index contributed by atoms with van der Waals surface area (Å²) in [5, 5.41) is 12.7. The molecule has 0 bridgehead atoms. The second kappa shape index (κ2) is 9.68. The number of rotatable bonds is 7. The molecule has 2 unspecified atom stereocenters. The van der Waals surface area contributed by atoms with Gasteiger partial charge in [0.25, 0.3) is 5.91 Å². The van der Waals surface area contributed by atoms with E-state index < -0.39 is 12.2 Å². The smallest absolute Gasteiger partial charge is 0.361 e. The van der Waals surface area contributed by atoms with Gasteiger partial charge in [0.05, 0.1) is 0 Å². The molecule has 1 amide bonds. The molecule has 0 aliphatic carbocycles. The van der Waals surface area contributed by atoms with Gasteiger partial charge in [0.1, 0.15) is 6.04 Å². The number of benzene rings is 1. The number of amides is 1. The van der Waals surface area contributed by atoms with Crippen molar-refractivity contribution < 1.29 is 18.0 Å². The SMILES string of the molecule is CCCC(Cc1c[nH]c2ccccc12)NC(=O)c1nnc(N2CCN(C)C(C(F)(F)F)C2)s1. The third kappa shape index (κ3) is 5.30. The van der Waals surface area contributed by atoms with Gasteiger partial charge in [-0.3, -0.25) is 9.69 Å². The second-order valence-electron chi connectivity index (χ2n) is 8.40. The number of aromatic amines is 1. The number of hydrogen-bond acceptors (Lipinski definition) is 6. The van der Waals surface area contributed by atoms with Crippen LogP contribution in [0.25, 0.3) is 10.9 Å². The lowest BCUT2D eigenvalue weighted by Crippen LogP contribution is -2.57. The van der Waals surface area contributed by atoms with Crippen LogP contribution in [0.2, 0.25) is 0 Å². The number of piperazine rings is 1. The maximum atomic E-state index is 13.3. The highest BCUT2D eigenvalue weighted by atomic mass is 32.1. The van der Waals surface area contributed by atoms with Crippen LogP contribution in [0.1, 0.15) is 35.1 Å². The molecule has 33 heavy (non-hydrogen) atoms. The number of nitrogens with one attached hydrogen (secondary N) is 2. The zero-order chi connectivity index (χ0) is 23.6. The highest BCUT2D eigenvalue weighted by Crippen LogP contribution is 2.30. The predicted octanol–water partition coefficient (Wildman–Crippen LogP) is 3.84. The Bertz CT molecular complexity index is 1100. The van der Waals surface area contributed by atoms with E-state index >= 15 is 0 Å². The molecule has 0 radical (unpaired) electrons. The number of para-hydroxylation sites is 1. The van der Waals surface area contributed by atoms with Crippen molar-refractivity contribution in [3.8, 4) is 0 Å². The first-order valence-corrected chi connectivity index (χ1v) is 11.8. The fraction of sp³-hybridized carbons (Fsp3) is 0.500. The Kier molecular flexibility index (Phi) is 6.89. The van der Waals surface area contributed by atoms with Crippen LogP contribution >= 0.6 is 11.3 Å². The summed E-state index contributed by atoms with van der Waals surface area (Å²) in [6, 6.07) is 6.35. The van der Waals surface area contributed by atoms with Gasteiger partial charge in [-0.25, -0.2) is 0 Å². The number of aromatic nitrogens is 3. The van der Waals surface area contributed by atoms with Gasteiger partial charge in [-0.15, -0.1) is 10.2 Å². The zero-order valence-corrected chi connectivity index (χ0v) is 19.3. The molecule has 0 spiro atoms. The molecule has 1 aliphatic heterocycles. The van der Waals surface area contributed by atoms with Crippen LogP contribution in [0.3, 0.4) is 0 Å². The summed E-state index contributed by atoms with van der Waals surface area (Å²) >= 11 is 1.03. The van der Waals surface area contributed by atoms with Crippen molar-refractivity contribution in [1.82, 2.24) is 25.4 Å². The van der Waals surface area contributed by atoms with E-state index in [0.29, 0.717) is 18.1 Å². The van der Waals surface area contributed by atoms with Gasteiger partial charge < -0.3 is 15.2 Å². The number of hydrogen-bond donors (Lipinski definition) is 2. The van der Waals surface area contributed by atoms with E-state index in [1.165, 1.54) is 11.9 Å². The van der Waals surface area contributed by atoms with Crippen LogP contribution in [-0.4, -0.2) is 70.9 Å². The average molecular weight is 481 g/mol. The molecule has 3 aromatic rings. The van der Waals surface area contributed by atoms with Crippen molar-refractivity contribution in [2.75, 3.05) is 31.6 Å². The number of halogens is 3. The number of likely N-dealkylation sites (N-methyl/N-ethyl adjacent to an activating group) is 1. The molecule has 2 atom stereocenters. The number of anilines is 1. The summed E-state index contributed by atoms with van der Waals surface area (Å²) in [4.78, 5) is 19.0. The van der Waals surface area contributed by atoms with Crippen LogP contribution in [-0.2, 0) is 6.42 Å². The van der Waals surface area contributed by atoms with Gasteiger partial charge >= 0.3 is 6.18 Å². The molecule has 11 heteroatoms. The van der Waals surface area contributed by atoms with Crippen LogP contribution < -0.4 is 10.2 Å². The van der Waals surface area contributed by atoms with Crippen molar-refractivity contribution in [1.29, 1.82) is 0 Å². The molecule has 4 rings (SSSR count).